The molecule has 1 heterocycles. The van der Waals surface area contributed by atoms with Crippen molar-refractivity contribution >= 4 is 5.91 Å². The number of nitrogens with one attached hydrogen (secondary N) is 1. The van der Waals surface area contributed by atoms with E-state index in [1.807, 2.05) is 6.92 Å². The van der Waals surface area contributed by atoms with Gasteiger partial charge in [0, 0.05) is 33.3 Å². The first-order valence-corrected chi connectivity index (χ1v) is 6.61. The van der Waals surface area contributed by atoms with Crippen LogP contribution < -0.4 is 5.32 Å². The maximum atomic E-state index is 12.0. The van der Waals surface area contributed by atoms with E-state index in [4.69, 9.17) is 9.47 Å². The van der Waals surface area contributed by atoms with Crippen LogP contribution in [0.4, 0.5) is 0 Å². The summed E-state index contributed by atoms with van der Waals surface area (Å²) in [6.45, 7) is 5.10. The summed E-state index contributed by atoms with van der Waals surface area (Å²) >= 11 is 0. The fourth-order valence-electron chi connectivity index (χ4n) is 2.17. The number of ether oxygens (including phenoxy) is 2. The molecule has 18 heavy (non-hydrogen) atoms. The molecular weight excluding hydrogens is 234 g/mol. The highest BCUT2D eigenvalue weighted by molar-refractivity contribution is 5.79. The van der Waals surface area contributed by atoms with Crippen molar-refractivity contribution in [2.24, 2.45) is 5.92 Å². The van der Waals surface area contributed by atoms with Crippen molar-refractivity contribution in [1.29, 1.82) is 0 Å². The zero-order valence-electron chi connectivity index (χ0n) is 11.6. The van der Waals surface area contributed by atoms with Crippen LogP contribution in [0.1, 0.15) is 33.1 Å². The van der Waals surface area contributed by atoms with Crippen molar-refractivity contribution in [3.05, 3.63) is 0 Å². The number of carbonyl (C=O) groups is 1. The molecule has 0 aromatic rings. The van der Waals surface area contributed by atoms with Gasteiger partial charge in [-0.2, -0.15) is 0 Å². The third-order valence-electron chi connectivity index (χ3n) is 3.44. The van der Waals surface area contributed by atoms with Gasteiger partial charge in [-0.1, -0.05) is 6.92 Å². The minimum atomic E-state index is -0.924. The number of hydrogen-bond acceptors (Lipinski definition) is 4. The Labute approximate surface area is 109 Å². The van der Waals surface area contributed by atoms with Crippen LogP contribution in [0.3, 0.4) is 0 Å². The van der Waals surface area contributed by atoms with Crippen LogP contribution in [0.25, 0.3) is 0 Å². The average molecular weight is 259 g/mol. The van der Waals surface area contributed by atoms with Gasteiger partial charge in [-0.05, 0) is 19.8 Å². The van der Waals surface area contributed by atoms with Gasteiger partial charge in [-0.3, -0.25) is 4.79 Å². The molecule has 0 spiro atoms. The number of hydrogen-bond donors (Lipinski definition) is 2. The van der Waals surface area contributed by atoms with E-state index in [1.54, 1.807) is 14.0 Å². The Balaban J connectivity index is 2.36. The van der Waals surface area contributed by atoms with Gasteiger partial charge < -0.3 is 19.9 Å². The van der Waals surface area contributed by atoms with Crippen molar-refractivity contribution < 1.29 is 19.4 Å². The summed E-state index contributed by atoms with van der Waals surface area (Å²) in [6, 6.07) is 0. The maximum absolute atomic E-state index is 12.0. The molecule has 0 radical (unpaired) electrons. The van der Waals surface area contributed by atoms with Crippen molar-refractivity contribution in [3.8, 4) is 0 Å². The Morgan fingerprint density at radius 1 is 1.61 bits per heavy atom. The normalized spacial score (nSPS) is 26.9. The lowest BCUT2D eigenvalue weighted by Gasteiger charge is -2.25. The Hall–Kier alpha value is -0.650. The Morgan fingerprint density at radius 2 is 2.33 bits per heavy atom. The highest BCUT2D eigenvalue weighted by Crippen LogP contribution is 2.23. The van der Waals surface area contributed by atoms with Gasteiger partial charge in [-0.15, -0.1) is 0 Å². The fourth-order valence-corrected chi connectivity index (χ4v) is 2.17. The molecule has 0 aliphatic carbocycles. The van der Waals surface area contributed by atoms with Gasteiger partial charge in [-0.25, -0.2) is 0 Å². The maximum Gasteiger partial charge on any atom is 0.225 e. The van der Waals surface area contributed by atoms with E-state index in [9.17, 15) is 9.90 Å². The summed E-state index contributed by atoms with van der Waals surface area (Å²) in [6.07, 6.45) is 2.14. The number of aliphatic hydroxyl groups is 1. The number of methoxy groups -OCH3 is 1. The second-order valence-electron chi connectivity index (χ2n) is 5.17. The van der Waals surface area contributed by atoms with Crippen LogP contribution in [-0.2, 0) is 14.3 Å². The van der Waals surface area contributed by atoms with Crippen molar-refractivity contribution in [1.82, 2.24) is 5.32 Å². The SMILES string of the molecule is CCC1OCCC1C(=O)NCC(C)(O)CCOC. The van der Waals surface area contributed by atoms with Crippen LogP contribution in [0, 0.1) is 5.92 Å². The topological polar surface area (TPSA) is 67.8 Å². The first kappa shape index (κ1) is 15.4. The molecule has 5 nitrogen and oxygen atoms in total. The molecule has 3 atom stereocenters. The van der Waals surface area contributed by atoms with Crippen molar-refractivity contribution in [2.45, 2.75) is 44.8 Å². The van der Waals surface area contributed by atoms with Crippen LogP contribution in [0.15, 0.2) is 0 Å². The molecule has 1 aliphatic heterocycles. The number of carbonyl (C=O) groups excluding carboxylic acids is 1. The summed E-state index contributed by atoms with van der Waals surface area (Å²) in [5.74, 6) is -0.0923. The summed E-state index contributed by atoms with van der Waals surface area (Å²) in [4.78, 5) is 12.0. The van der Waals surface area contributed by atoms with E-state index >= 15 is 0 Å². The van der Waals surface area contributed by atoms with Crippen LogP contribution in [0.5, 0.6) is 0 Å². The molecule has 1 fully saturated rings. The number of amides is 1. The summed E-state index contributed by atoms with van der Waals surface area (Å²) in [5, 5.41) is 12.8. The van der Waals surface area contributed by atoms with E-state index in [0.29, 0.717) is 19.6 Å². The molecular formula is C13H25NO4. The molecule has 1 saturated heterocycles. The van der Waals surface area contributed by atoms with Gasteiger partial charge in [0.1, 0.15) is 0 Å². The molecule has 0 aromatic carbocycles. The second kappa shape index (κ2) is 7.07. The second-order valence-corrected chi connectivity index (χ2v) is 5.17. The van der Waals surface area contributed by atoms with E-state index in [1.165, 1.54) is 0 Å². The highest BCUT2D eigenvalue weighted by atomic mass is 16.5. The quantitative estimate of drug-likeness (QED) is 0.706. The lowest BCUT2D eigenvalue weighted by Crippen LogP contribution is -2.44. The monoisotopic (exact) mass is 259 g/mol. The van der Waals surface area contributed by atoms with Crippen molar-refractivity contribution in [2.75, 3.05) is 26.9 Å². The molecule has 1 rings (SSSR count). The summed E-state index contributed by atoms with van der Waals surface area (Å²) < 4.78 is 10.4. The van der Waals surface area contributed by atoms with E-state index in [2.05, 4.69) is 5.32 Å². The lowest BCUT2D eigenvalue weighted by molar-refractivity contribution is -0.128. The largest absolute Gasteiger partial charge is 0.388 e. The zero-order chi connectivity index (χ0) is 13.6. The van der Waals surface area contributed by atoms with Gasteiger partial charge in [0.15, 0.2) is 0 Å². The van der Waals surface area contributed by atoms with E-state index in [-0.39, 0.29) is 24.5 Å². The predicted octanol–water partition coefficient (Wildman–Crippen LogP) is 0.705. The molecule has 0 aromatic heterocycles. The number of rotatable bonds is 7. The highest BCUT2D eigenvalue weighted by Gasteiger charge is 2.33. The zero-order valence-corrected chi connectivity index (χ0v) is 11.6. The summed E-state index contributed by atoms with van der Waals surface area (Å²) in [5.41, 5.74) is -0.924. The molecule has 3 unspecified atom stereocenters. The van der Waals surface area contributed by atoms with Gasteiger partial charge in [0.05, 0.1) is 17.6 Å². The lowest BCUT2D eigenvalue weighted by atomic mass is 9.97. The predicted molar refractivity (Wildman–Crippen MR) is 68.3 cm³/mol. The molecule has 2 N–H and O–H groups in total. The van der Waals surface area contributed by atoms with Crippen LogP contribution in [0.2, 0.25) is 0 Å². The molecule has 1 aliphatic rings. The van der Waals surface area contributed by atoms with E-state index < -0.39 is 5.60 Å². The van der Waals surface area contributed by atoms with Gasteiger partial charge in [0.2, 0.25) is 5.91 Å². The first-order valence-electron chi connectivity index (χ1n) is 6.61. The van der Waals surface area contributed by atoms with Crippen molar-refractivity contribution in [3.63, 3.8) is 0 Å². The molecule has 1 amide bonds. The smallest absolute Gasteiger partial charge is 0.225 e. The van der Waals surface area contributed by atoms with E-state index in [0.717, 1.165) is 12.8 Å². The first-order chi connectivity index (χ1) is 8.50. The standard InChI is InChI=1S/C13H25NO4/c1-4-11-10(5-7-18-11)12(15)14-9-13(2,16)6-8-17-3/h10-11,16H,4-9H2,1-3H3,(H,14,15). The van der Waals surface area contributed by atoms with Gasteiger partial charge in [0.25, 0.3) is 0 Å². The summed E-state index contributed by atoms with van der Waals surface area (Å²) in [7, 11) is 1.59. The third-order valence-corrected chi connectivity index (χ3v) is 3.44. The molecule has 0 saturated carbocycles. The molecule has 106 valence electrons. The Morgan fingerprint density at radius 3 is 2.94 bits per heavy atom. The van der Waals surface area contributed by atoms with Gasteiger partial charge >= 0.3 is 0 Å². The van der Waals surface area contributed by atoms with Crippen LogP contribution >= 0.6 is 0 Å². The average Bonchev–Trinajstić information content (AvgIpc) is 2.82. The third kappa shape index (κ3) is 4.55. The fraction of sp³-hybridized carbons (Fsp3) is 0.923. The molecule has 5 heteroatoms. The Kier molecular flexibility index (Phi) is 6.05. The Bertz CT molecular complexity index is 268. The molecule has 0 bridgehead atoms. The minimum absolute atomic E-state index is 0.0166. The van der Waals surface area contributed by atoms with Crippen LogP contribution in [-0.4, -0.2) is 49.6 Å². The minimum Gasteiger partial charge on any atom is -0.388 e.